The van der Waals surface area contributed by atoms with Crippen LogP contribution in [0.4, 0.5) is 0 Å². The summed E-state index contributed by atoms with van der Waals surface area (Å²) in [5, 5.41) is 7.74. The Morgan fingerprint density at radius 2 is 2.32 bits per heavy atom. The van der Waals surface area contributed by atoms with E-state index in [0.29, 0.717) is 11.5 Å². The third-order valence-corrected chi connectivity index (χ3v) is 5.56. The van der Waals surface area contributed by atoms with E-state index in [9.17, 15) is 8.42 Å². The second-order valence-electron chi connectivity index (χ2n) is 5.24. The van der Waals surface area contributed by atoms with Gasteiger partial charge in [0.05, 0.1) is 17.7 Å². The number of hydrogen-bond acceptors (Lipinski definition) is 4. The molecule has 108 valence electrons. The highest BCUT2D eigenvalue weighted by Gasteiger charge is 2.30. The molecule has 0 amide bonds. The largest absolute Gasteiger partial charge is 0.310 e. The molecule has 0 aliphatic carbocycles. The molecule has 6 heteroatoms. The van der Waals surface area contributed by atoms with Crippen LogP contribution in [0.2, 0.25) is 0 Å². The van der Waals surface area contributed by atoms with E-state index in [2.05, 4.69) is 30.5 Å². The molecule has 2 atom stereocenters. The molecule has 2 heterocycles. The lowest BCUT2D eigenvalue weighted by Gasteiger charge is -2.19. The molecular formula is C13H23N3O2S. The zero-order valence-corrected chi connectivity index (χ0v) is 12.5. The summed E-state index contributed by atoms with van der Waals surface area (Å²) in [6.07, 6.45) is 5.62. The number of aryl methyl sites for hydroxylation is 1. The fourth-order valence-corrected chi connectivity index (χ4v) is 4.59. The first kappa shape index (κ1) is 14.5. The highest BCUT2D eigenvalue weighted by molar-refractivity contribution is 7.91. The van der Waals surface area contributed by atoms with Crippen molar-refractivity contribution in [3.05, 3.63) is 18.0 Å². The first-order valence-electron chi connectivity index (χ1n) is 7.00. The van der Waals surface area contributed by atoms with Crippen LogP contribution in [0.5, 0.6) is 0 Å². The fourth-order valence-electron chi connectivity index (χ4n) is 2.71. The molecule has 1 N–H and O–H groups in total. The Kier molecular flexibility index (Phi) is 4.62. The molecule has 0 saturated carbocycles. The maximum Gasteiger partial charge on any atom is 0.150 e. The second kappa shape index (κ2) is 6.05. The highest BCUT2D eigenvalue weighted by Crippen LogP contribution is 2.28. The Morgan fingerprint density at radius 1 is 1.53 bits per heavy atom. The van der Waals surface area contributed by atoms with Crippen LogP contribution in [-0.4, -0.2) is 36.2 Å². The van der Waals surface area contributed by atoms with Gasteiger partial charge in [0.2, 0.25) is 0 Å². The summed E-state index contributed by atoms with van der Waals surface area (Å²) in [5.41, 5.74) is 1.16. The van der Waals surface area contributed by atoms with Gasteiger partial charge in [0, 0.05) is 24.3 Å². The van der Waals surface area contributed by atoms with Crippen LogP contribution in [0.25, 0.3) is 0 Å². The predicted octanol–water partition coefficient (Wildman–Crippen LogP) is 1.38. The van der Waals surface area contributed by atoms with Gasteiger partial charge in [-0.05, 0) is 32.2 Å². The van der Waals surface area contributed by atoms with E-state index >= 15 is 0 Å². The molecule has 1 aliphatic rings. The Morgan fingerprint density at radius 3 is 2.84 bits per heavy atom. The van der Waals surface area contributed by atoms with Crippen LogP contribution in [0.3, 0.4) is 0 Å². The zero-order chi connectivity index (χ0) is 13.9. The lowest BCUT2D eigenvalue weighted by atomic mass is 9.96. The molecule has 0 radical (unpaired) electrons. The van der Waals surface area contributed by atoms with Gasteiger partial charge in [-0.2, -0.15) is 5.10 Å². The van der Waals surface area contributed by atoms with Crippen LogP contribution in [0.1, 0.15) is 38.3 Å². The number of nitrogens with zero attached hydrogens (tertiary/aromatic N) is 2. The van der Waals surface area contributed by atoms with Gasteiger partial charge in [-0.25, -0.2) is 8.42 Å². The van der Waals surface area contributed by atoms with Gasteiger partial charge in [-0.3, -0.25) is 4.68 Å². The molecule has 0 bridgehead atoms. The van der Waals surface area contributed by atoms with Crippen LogP contribution in [0, 0.1) is 5.92 Å². The van der Waals surface area contributed by atoms with Crippen molar-refractivity contribution in [1.82, 2.24) is 15.1 Å². The molecule has 1 fully saturated rings. The molecule has 1 aromatic heterocycles. The maximum atomic E-state index is 11.5. The number of sulfone groups is 1. The van der Waals surface area contributed by atoms with Crippen molar-refractivity contribution in [1.29, 1.82) is 0 Å². The van der Waals surface area contributed by atoms with Gasteiger partial charge in [-0.15, -0.1) is 0 Å². The lowest BCUT2D eigenvalue weighted by molar-refractivity contribution is 0.421. The Labute approximate surface area is 115 Å². The first-order valence-corrected chi connectivity index (χ1v) is 8.82. The molecule has 2 unspecified atom stereocenters. The maximum absolute atomic E-state index is 11.5. The van der Waals surface area contributed by atoms with Crippen molar-refractivity contribution in [2.45, 2.75) is 39.3 Å². The zero-order valence-electron chi connectivity index (χ0n) is 11.7. The molecule has 19 heavy (non-hydrogen) atoms. The van der Waals surface area contributed by atoms with Crippen molar-refractivity contribution < 1.29 is 8.42 Å². The summed E-state index contributed by atoms with van der Waals surface area (Å²) < 4.78 is 25.0. The van der Waals surface area contributed by atoms with E-state index in [0.717, 1.165) is 31.5 Å². The number of aromatic nitrogens is 2. The minimum Gasteiger partial charge on any atom is -0.310 e. The predicted molar refractivity (Wildman–Crippen MR) is 75.7 cm³/mol. The van der Waals surface area contributed by atoms with Crippen LogP contribution in [-0.2, 0) is 16.4 Å². The normalized spacial score (nSPS) is 23.6. The number of nitrogens with one attached hydrogen (secondary N) is 1. The minimum atomic E-state index is -2.79. The first-order chi connectivity index (χ1) is 9.04. The van der Waals surface area contributed by atoms with Gasteiger partial charge in [0.25, 0.3) is 0 Å². The van der Waals surface area contributed by atoms with Crippen LogP contribution < -0.4 is 5.32 Å². The topological polar surface area (TPSA) is 64.0 Å². The summed E-state index contributed by atoms with van der Waals surface area (Å²) in [7, 11) is -2.79. The molecule has 5 nitrogen and oxygen atoms in total. The molecule has 1 aromatic rings. The molecule has 2 rings (SSSR count). The second-order valence-corrected chi connectivity index (χ2v) is 7.47. The Bertz CT molecular complexity index is 510. The highest BCUT2D eigenvalue weighted by atomic mass is 32.2. The average molecular weight is 285 g/mol. The van der Waals surface area contributed by atoms with E-state index in [-0.39, 0.29) is 12.0 Å². The smallest absolute Gasteiger partial charge is 0.150 e. The number of hydrogen-bond donors (Lipinski definition) is 1. The van der Waals surface area contributed by atoms with E-state index < -0.39 is 9.84 Å². The van der Waals surface area contributed by atoms with E-state index in [1.54, 1.807) is 0 Å². The summed E-state index contributed by atoms with van der Waals surface area (Å²) in [6, 6.07) is 0.212. The summed E-state index contributed by atoms with van der Waals surface area (Å²) in [4.78, 5) is 0. The van der Waals surface area contributed by atoms with Gasteiger partial charge in [0.15, 0.2) is 9.84 Å². The lowest BCUT2D eigenvalue weighted by Crippen LogP contribution is -2.23. The van der Waals surface area contributed by atoms with Crippen molar-refractivity contribution in [2.75, 3.05) is 18.1 Å². The van der Waals surface area contributed by atoms with Gasteiger partial charge < -0.3 is 5.32 Å². The van der Waals surface area contributed by atoms with E-state index in [1.165, 1.54) is 0 Å². The fraction of sp³-hybridized carbons (Fsp3) is 0.769. The van der Waals surface area contributed by atoms with Gasteiger partial charge in [-0.1, -0.05) is 6.92 Å². The third kappa shape index (κ3) is 3.79. The van der Waals surface area contributed by atoms with Gasteiger partial charge >= 0.3 is 0 Å². The summed E-state index contributed by atoms with van der Waals surface area (Å²) in [5.74, 6) is 0.973. The molecule has 0 aromatic carbocycles. The monoisotopic (exact) mass is 285 g/mol. The van der Waals surface area contributed by atoms with Crippen molar-refractivity contribution in [2.24, 2.45) is 5.92 Å². The van der Waals surface area contributed by atoms with Crippen molar-refractivity contribution >= 4 is 9.84 Å². The average Bonchev–Trinajstić information content (AvgIpc) is 2.95. The third-order valence-electron chi connectivity index (χ3n) is 3.73. The van der Waals surface area contributed by atoms with Crippen molar-refractivity contribution in [3.8, 4) is 0 Å². The van der Waals surface area contributed by atoms with Gasteiger partial charge in [0.1, 0.15) is 0 Å². The minimum absolute atomic E-state index is 0.212. The molecule has 1 saturated heterocycles. The molecule has 1 aliphatic heterocycles. The molecular weight excluding hydrogens is 262 g/mol. The standard InChI is InChI=1S/C13H23N3O2S/c1-3-14-13(12-8-15-16(4-2)9-12)7-11-5-6-19(17,18)10-11/h8-9,11,13-14H,3-7,10H2,1-2H3. The Balaban J connectivity index is 2.04. The molecule has 0 spiro atoms. The summed E-state index contributed by atoms with van der Waals surface area (Å²) in [6.45, 7) is 5.86. The van der Waals surface area contributed by atoms with Crippen LogP contribution in [0.15, 0.2) is 12.4 Å². The quantitative estimate of drug-likeness (QED) is 0.857. The number of rotatable bonds is 6. The van der Waals surface area contributed by atoms with E-state index in [1.807, 2.05) is 10.9 Å². The summed E-state index contributed by atoms with van der Waals surface area (Å²) >= 11 is 0. The van der Waals surface area contributed by atoms with Crippen molar-refractivity contribution in [3.63, 3.8) is 0 Å². The van der Waals surface area contributed by atoms with Crippen LogP contribution >= 0.6 is 0 Å². The van der Waals surface area contributed by atoms with E-state index in [4.69, 9.17) is 0 Å². The SMILES string of the molecule is CCNC(CC1CCS(=O)(=O)C1)c1cnn(CC)c1. The Hall–Kier alpha value is -0.880.